The van der Waals surface area contributed by atoms with Gasteiger partial charge in [-0.25, -0.2) is 9.97 Å². The van der Waals surface area contributed by atoms with Gasteiger partial charge in [-0.2, -0.15) is 0 Å². The molecule has 0 spiro atoms. The summed E-state index contributed by atoms with van der Waals surface area (Å²) < 4.78 is 0. The maximum absolute atomic E-state index is 6.00. The van der Waals surface area contributed by atoms with Crippen LogP contribution in [0.25, 0.3) is 0 Å². The molecule has 0 saturated heterocycles. The van der Waals surface area contributed by atoms with Crippen LogP contribution in [0, 0.1) is 11.8 Å². The molecule has 0 bridgehead atoms. The molecule has 1 aromatic rings. The van der Waals surface area contributed by atoms with Crippen LogP contribution in [0.1, 0.15) is 25.7 Å². The van der Waals surface area contributed by atoms with Crippen molar-refractivity contribution in [2.24, 2.45) is 11.8 Å². The number of rotatable bonds is 4. The van der Waals surface area contributed by atoms with Crippen molar-refractivity contribution in [2.45, 2.75) is 25.7 Å². The molecule has 2 unspecified atom stereocenters. The van der Waals surface area contributed by atoms with Crippen molar-refractivity contribution in [1.29, 1.82) is 0 Å². The molecule has 0 aliphatic heterocycles. The van der Waals surface area contributed by atoms with Crippen molar-refractivity contribution in [3.8, 4) is 0 Å². The number of nitrogens with zero attached hydrogens (tertiary/aromatic N) is 2. The van der Waals surface area contributed by atoms with E-state index in [-0.39, 0.29) is 0 Å². The van der Waals surface area contributed by atoms with Crippen LogP contribution in [0.4, 0.5) is 5.95 Å². The molecule has 1 aliphatic carbocycles. The molecule has 0 aromatic carbocycles. The molecule has 94 valence electrons. The Morgan fingerprint density at radius 2 is 1.82 bits per heavy atom. The fraction of sp³-hybridized carbons (Fsp3) is 0.667. The summed E-state index contributed by atoms with van der Waals surface area (Å²) in [6, 6.07) is 0. The molecule has 1 heterocycles. The van der Waals surface area contributed by atoms with Crippen molar-refractivity contribution >= 4 is 29.2 Å². The fourth-order valence-electron chi connectivity index (χ4n) is 2.38. The number of halogens is 2. The lowest BCUT2D eigenvalue weighted by Gasteiger charge is -2.30. The lowest BCUT2D eigenvalue weighted by molar-refractivity contribution is 0.271. The van der Waals surface area contributed by atoms with Gasteiger partial charge in [0.1, 0.15) is 0 Å². The van der Waals surface area contributed by atoms with Crippen molar-refractivity contribution in [3.63, 3.8) is 0 Å². The third-order valence-corrected chi connectivity index (χ3v) is 4.00. The van der Waals surface area contributed by atoms with Gasteiger partial charge in [-0.1, -0.05) is 24.4 Å². The van der Waals surface area contributed by atoms with E-state index in [0.717, 1.165) is 12.4 Å². The van der Waals surface area contributed by atoms with E-state index < -0.39 is 0 Å². The number of anilines is 1. The number of hydrogen-bond acceptors (Lipinski definition) is 3. The molecular formula is C12H17Cl2N3. The molecule has 17 heavy (non-hydrogen) atoms. The Bertz CT molecular complexity index is 342. The van der Waals surface area contributed by atoms with E-state index in [9.17, 15) is 0 Å². The first-order valence-corrected chi connectivity index (χ1v) is 6.98. The van der Waals surface area contributed by atoms with Crippen LogP contribution in [0.15, 0.2) is 12.4 Å². The predicted molar refractivity (Wildman–Crippen MR) is 71.7 cm³/mol. The maximum atomic E-state index is 6.00. The second-order valence-corrected chi connectivity index (χ2v) is 5.31. The minimum absolute atomic E-state index is 0.562. The van der Waals surface area contributed by atoms with Gasteiger partial charge in [0.05, 0.1) is 17.4 Å². The number of nitrogens with one attached hydrogen (secondary N) is 1. The Labute approximate surface area is 112 Å². The Morgan fingerprint density at radius 1 is 1.18 bits per heavy atom. The lowest BCUT2D eigenvalue weighted by atomic mass is 9.80. The second kappa shape index (κ2) is 6.41. The Kier molecular flexibility index (Phi) is 4.86. The highest BCUT2D eigenvalue weighted by atomic mass is 35.5. The summed E-state index contributed by atoms with van der Waals surface area (Å²) in [5.74, 6) is 2.67. The molecule has 0 amide bonds. The summed E-state index contributed by atoms with van der Waals surface area (Å²) in [5.41, 5.74) is 0. The first-order valence-electron chi connectivity index (χ1n) is 6.07. The van der Waals surface area contributed by atoms with E-state index in [2.05, 4.69) is 15.3 Å². The van der Waals surface area contributed by atoms with E-state index in [1.807, 2.05) is 0 Å². The summed E-state index contributed by atoms with van der Waals surface area (Å²) in [7, 11) is 0. The number of hydrogen-bond donors (Lipinski definition) is 1. The summed E-state index contributed by atoms with van der Waals surface area (Å²) in [6.07, 6.45) is 8.33. The fourth-order valence-corrected chi connectivity index (χ4v) is 2.89. The van der Waals surface area contributed by atoms with Crippen molar-refractivity contribution in [2.75, 3.05) is 17.7 Å². The molecular weight excluding hydrogens is 257 g/mol. The van der Waals surface area contributed by atoms with Crippen LogP contribution in [0.2, 0.25) is 5.02 Å². The average Bonchev–Trinajstić information content (AvgIpc) is 2.38. The zero-order chi connectivity index (χ0) is 12.1. The minimum atomic E-state index is 0.562. The average molecular weight is 274 g/mol. The summed E-state index contributed by atoms with van der Waals surface area (Å²) in [4.78, 5) is 8.25. The monoisotopic (exact) mass is 273 g/mol. The molecule has 2 atom stereocenters. The summed E-state index contributed by atoms with van der Waals surface area (Å²) >= 11 is 11.7. The molecule has 1 aromatic heterocycles. The highest BCUT2D eigenvalue weighted by Crippen LogP contribution is 2.30. The van der Waals surface area contributed by atoms with Gasteiger partial charge in [0.2, 0.25) is 5.95 Å². The molecule has 5 heteroatoms. The highest BCUT2D eigenvalue weighted by molar-refractivity contribution is 6.30. The van der Waals surface area contributed by atoms with E-state index in [4.69, 9.17) is 23.2 Å². The van der Waals surface area contributed by atoms with Crippen LogP contribution >= 0.6 is 23.2 Å². The zero-order valence-electron chi connectivity index (χ0n) is 9.70. The van der Waals surface area contributed by atoms with Gasteiger partial charge >= 0.3 is 0 Å². The molecule has 1 aliphatic rings. The van der Waals surface area contributed by atoms with Gasteiger partial charge in [-0.05, 0) is 24.7 Å². The van der Waals surface area contributed by atoms with Gasteiger partial charge < -0.3 is 5.32 Å². The van der Waals surface area contributed by atoms with Crippen LogP contribution in [0.5, 0.6) is 0 Å². The topological polar surface area (TPSA) is 37.8 Å². The Morgan fingerprint density at radius 3 is 2.47 bits per heavy atom. The molecule has 3 nitrogen and oxygen atoms in total. The van der Waals surface area contributed by atoms with E-state index >= 15 is 0 Å². The zero-order valence-corrected chi connectivity index (χ0v) is 11.2. The van der Waals surface area contributed by atoms with Crippen molar-refractivity contribution < 1.29 is 0 Å². The molecule has 1 N–H and O–H groups in total. The van der Waals surface area contributed by atoms with Gasteiger partial charge in [-0.15, -0.1) is 11.6 Å². The van der Waals surface area contributed by atoms with Crippen LogP contribution in [-0.4, -0.2) is 22.4 Å². The first-order chi connectivity index (χ1) is 8.29. The van der Waals surface area contributed by atoms with Gasteiger partial charge in [0, 0.05) is 12.4 Å². The molecule has 2 rings (SSSR count). The lowest BCUT2D eigenvalue weighted by Crippen LogP contribution is -2.27. The number of alkyl halides is 1. The Hall–Kier alpha value is -0.540. The summed E-state index contributed by atoms with van der Waals surface area (Å²) in [6.45, 7) is 0.902. The SMILES string of the molecule is ClCC1CCCCC1CNc1ncc(Cl)cn1. The van der Waals surface area contributed by atoms with E-state index in [1.165, 1.54) is 25.7 Å². The Balaban J connectivity index is 1.86. The van der Waals surface area contributed by atoms with Crippen molar-refractivity contribution in [3.05, 3.63) is 17.4 Å². The minimum Gasteiger partial charge on any atom is -0.354 e. The predicted octanol–water partition coefficient (Wildman–Crippen LogP) is 3.59. The maximum Gasteiger partial charge on any atom is 0.222 e. The highest BCUT2D eigenvalue weighted by Gasteiger charge is 2.24. The van der Waals surface area contributed by atoms with Crippen LogP contribution in [0.3, 0.4) is 0 Å². The molecule has 1 saturated carbocycles. The van der Waals surface area contributed by atoms with Gasteiger partial charge in [0.15, 0.2) is 0 Å². The quantitative estimate of drug-likeness (QED) is 0.853. The normalized spacial score (nSPS) is 24.6. The third kappa shape index (κ3) is 3.71. The largest absolute Gasteiger partial charge is 0.354 e. The smallest absolute Gasteiger partial charge is 0.222 e. The van der Waals surface area contributed by atoms with Crippen LogP contribution < -0.4 is 5.32 Å². The van der Waals surface area contributed by atoms with Crippen LogP contribution in [-0.2, 0) is 0 Å². The van der Waals surface area contributed by atoms with E-state index in [1.54, 1.807) is 12.4 Å². The molecule has 1 fully saturated rings. The van der Waals surface area contributed by atoms with E-state index in [0.29, 0.717) is 22.8 Å². The number of aromatic nitrogens is 2. The second-order valence-electron chi connectivity index (χ2n) is 4.56. The standard InChI is InChI=1S/C12H17Cl2N3/c13-5-9-3-1-2-4-10(9)6-15-12-16-7-11(14)8-17-12/h7-10H,1-6H2,(H,15,16,17). The summed E-state index contributed by atoms with van der Waals surface area (Å²) in [5, 5.41) is 3.83. The molecule has 0 radical (unpaired) electrons. The van der Waals surface area contributed by atoms with Gasteiger partial charge in [0.25, 0.3) is 0 Å². The van der Waals surface area contributed by atoms with Crippen molar-refractivity contribution in [1.82, 2.24) is 9.97 Å². The third-order valence-electron chi connectivity index (χ3n) is 3.41. The van der Waals surface area contributed by atoms with Gasteiger partial charge in [-0.3, -0.25) is 0 Å². The first kappa shape index (κ1) is 12.9.